The van der Waals surface area contributed by atoms with Crippen molar-refractivity contribution < 1.29 is 17.9 Å². The molecule has 0 aliphatic heterocycles. The molecule has 0 radical (unpaired) electrons. The topological polar surface area (TPSA) is 72.5 Å². The molecule has 0 fully saturated rings. The van der Waals surface area contributed by atoms with Crippen LogP contribution in [0.25, 0.3) is 0 Å². The summed E-state index contributed by atoms with van der Waals surface area (Å²) >= 11 is 0. The van der Waals surface area contributed by atoms with Gasteiger partial charge >= 0.3 is 5.97 Å². The lowest BCUT2D eigenvalue weighted by molar-refractivity contribution is -0.140. The third kappa shape index (κ3) is 4.82. The van der Waals surface area contributed by atoms with Crippen LogP contribution in [-0.4, -0.2) is 28.0 Å². The molecule has 0 aromatic heterocycles. The molecule has 21 heavy (non-hydrogen) atoms. The summed E-state index contributed by atoms with van der Waals surface area (Å²) in [6.07, 6.45) is 0.00768. The first-order valence-corrected chi connectivity index (χ1v) is 8.24. The van der Waals surface area contributed by atoms with Gasteiger partial charge in [-0.25, -0.2) is 13.1 Å². The molecule has 0 aliphatic carbocycles. The number of hydrogen-bond acceptors (Lipinski definition) is 4. The summed E-state index contributed by atoms with van der Waals surface area (Å²) in [6, 6.07) is 5.42. The second kappa shape index (κ2) is 6.58. The molecule has 0 heterocycles. The first kappa shape index (κ1) is 17.7. The third-order valence-corrected chi connectivity index (χ3v) is 4.80. The lowest BCUT2D eigenvalue weighted by atomic mass is 9.87. The standard InChI is InChI=1S/C15H23NO4S/c1-11-6-7-12(15(2,3)4)10-13(11)21(18,19)16-9-8-14(17)20-5/h6-7,10,16H,8-9H2,1-5H3. The molecule has 0 amide bonds. The maximum Gasteiger partial charge on any atom is 0.306 e. The molecule has 118 valence electrons. The van der Waals surface area contributed by atoms with E-state index in [1.165, 1.54) is 7.11 Å². The molecule has 5 nitrogen and oxygen atoms in total. The number of hydrogen-bond donors (Lipinski definition) is 1. The van der Waals surface area contributed by atoms with Crippen molar-refractivity contribution in [3.63, 3.8) is 0 Å². The molecule has 1 aromatic rings. The minimum Gasteiger partial charge on any atom is -0.469 e. The van der Waals surface area contributed by atoms with Crippen molar-refractivity contribution in [2.75, 3.05) is 13.7 Å². The van der Waals surface area contributed by atoms with Crippen LogP contribution in [0.2, 0.25) is 0 Å². The minimum atomic E-state index is -3.64. The predicted octanol–water partition coefficient (Wildman–Crippen LogP) is 2.13. The number of aryl methyl sites for hydroxylation is 1. The predicted molar refractivity (Wildman–Crippen MR) is 81.7 cm³/mol. The van der Waals surface area contributed by atoms with E-state index in [1.807, 2.05) is 26.8 Å². The first-order valence-electron chi connectivity index (χ1n) is 6.75. The summed E-state index contributed by atoms with van der Waals surface area (Å²) in [6.45, 7) is 7.85. The van der Waals surface area contributed by atoms with E-state index in [1.54, 1.807) is 19.1 Å². The molecule has 0 saturated heterocycles. The van der Waals surface area contributed by atoms with Crippen molar-refractivity contribution >= 4 is 16.0 Å². The van der Waals surface area contributed by atoms with Gasteiger partial charge in [0.2, 0.25) is 10.0 Å². The lowest BCUT2D eigenvalue weighted by Gasteiger charge is -2.20. The quantitative estimate of drug-likeness (QED) is 0.845. The van der Waals surface area contributed by atoms with Crippen LogP contribution in [0.4, 0.5) is 0 Å². The molecular weight excluding hydrogens is 290 g/mol. The maximum absolute atomic E-state index is 12.3. The van der Waals surface area contributed by atoms with Gasteiger partial charge in [-0.15, -0.1) is 0 Å². The summed E-state index contributed by atoms with van der Waals surface area (Å²) < 4.78 is 31.6. The number of carbonyl (C=O) groups excluding carboxylic acids is 1. The Bertz CT molecular complexity index is 615. The molecule has 0 spiro atoms. The minimum absolute atomic E-state index is 0.00768. The molecule has 1 aromatic carbocycles. The summed E-state index contributed by atoms with van der Waals surface area (Å²) in [5.41, 5.74) is 1.49. The normalized spacial score (nSPS) is 12.2. The molecule has 1 N–H and O–H groups in total. The molecule has 0 unspecified atom stereocenters. The summed E-state index contributed by atoms with van der Waals surface area (Å²) in [5.74, 6) is -0.446. The molecule has 1 rings (SSSR count). The zero-order valence-electron chi connectivity index (χ0n) is 13.2. The smallest absolute Gasteiger partial charge is 0.306 e. The monoisotopic (exact) mass is 313 g/mol. The van der Waals surface area contributed by atoms with Crippen LogP contribution in [0.15, 0.2) is 23.1 Å². The maximum atomic E-state index is 12.3. The van der Waals surface area contributed by atoms with E-state index < -0.39 is 16.0 Å². The highest BCUT2D eigenvalue weighted by atomic mass is 32.2. The Hall–Kier alpha value is -1.40. The van der Waals surface area contributed by atoms with E-state index >= 15 is 0 Å². The van der Waals surface area contributed by atoms with Crippen LogP contribution in [-0.2, 0) is 25.0 Å². The number of esters is 1. The Morgan fingerprint density at radius 2 is 1.90 bits per heavy atom. The zero-order chi connectivity index (χ0) is 16.3. The second-order valence-corrected chi connectivity index (χ2v) is 7.69. The van der Waals surface area contributed by atoms with Gasteiger partial charge in [0.25, 0.3) is 0 Å². The van der Waals surface area contributed by atoms with Crippen LogP contribution in [0.1, 0.15) is 38.3 Å². The van der Waals surface area contributed by atoms with Crippen LogP contribution in [0.5, 0.6) is 0 Å². The Balaban J connectivity index is 3.00. The SMILES string of the molecule is COC(=O)CCNS(=O)(=O)c1cc(C(C)(C)C)ccc1C. The molecule has 0 aliphatic rings. The first-order chi connectivity index (χ1) is 9.58. The average Bonchev–Trinajstić information content (AvgIpc) is 2.37. The number of rotatable bonds is 5. The van der Waals surface area contributed by atoms with Crippen LogP contribution in [0.3, 0.4) is 0 Å². The number of benzene rings is 1. The van der Waals surface area contributed by atoms with Gasteiger partial charge in [-0.3, -0.25) is 4.79 Å². The highest BCUT2D eigenvalue weighted by molar-refractivity contribution is 7.89. The van der Waals surface area contributed by atoms with Gasteiger partial charge < -0.3 is 4.74 Å². The van der Waals surface area contributed by atoms with Crippen LogP contribution in [0, 0.1) is 6.92 Å². The average molecular weight is 313 g/mol. The van der Waals surface area contributed by atoms with E-state index in [4.69, 9.17) is 0 Å². The fourth-order valence-corrected chi connectivity index (χ4v) is 3.12. The van der Waals surface area contributed by atoms with Crippen molar-refractivity contribution in [2.45, 2.75) is 44.4 Å². The molecule has 6 heteroatoms. The summed E-state index contributed by atoms with van der Waals surface area (Å²) in [4.78, 5) is 11.3. The number of methoxy groups -OCH3 is 1. The summed E-state index contributed by atoms with van der Waals surface area (Å²) in [5, 5.41) is 0. The Morgan fingerprint density at radius 1 is 1.29 bits per heavy atom. The fraction of sp³-hybridized carbons (Fsp3) is 0.533. The van der Waals surface area contributed by atoms with E-state index in [0.717, 1.165) is 5.56 Å². The van der Waals surface area contributed by atoms with Crippen molar-refractivity contribution in [1.82, 2.24) is 4.72 Å². The highest BCUT2D eigenvalue weighted by Crippen LogP contribution is 2.26. The molecular formula is C15H23NO4S. The van der Waals surface area contributed by atoms with Gasteiger partial charge in [-0.05, 0) is 29.5 Å². The Labute approximate surface area is 126 Å². The number of ether oxygens (including phenoxy) is 1. The van der Waals surface area contributed by atoms with Crippen molar-refractivity contribution in [1.29, 1.82) is 0 Å². The van der Waals surface area contributed by atoms with E-state index in [0.29, 0.717) is 5.56 Å². The zero-order valence-corrected chi connectivity index (χ0v) is 14.0. The van der Waals surface area contributed by atoms with Gasteiger partial charge in [0.1, 0.15) is 0 Å². The van der Waals surface area contributed by atoms with Crippen molar-refractivity contribution in [3.8, 4) is 0 Å². The van der Waals surface area contributed by atoms with Crippen LogP contribution >= 0.6 is 0 Å². The lowest BCUT2D eigenvalue weighted by Crippen LogP contribution is -2.27. The fourth-order valence-electron chi connectivity index (χ4n) is 1.82. The van der Waals surface area contributed by atoms with Gasteiger partial charge in [-0.1, -0.05) is 32.9 Å². The number of carbonyl (C=O) groups is 1. The van der Waals surface area contributed by atoms with Gasteiger partial charge in [0.05, 0.1) is 18.4 Å². The van der Waals surface area contributed by atoms with E-state index in [-0.39, 0.29) is 23.3 Å². The van der Waals surface area contributed by atoms with Crippen molar-refractivity contribution in [2.24, 2.45) is 0 Å². The van der Waals surface area contributed by atoms with Gasteiger partial charge in [0.15, 0.2) is 0 Å². The van der Waals surface area contributed by atoms with Crippen molar-refractivity contribution in [3.05, 3.63) is 29.3 Å². The number of sulfonamides is 1. The van der Waals surface area contributed by atoms with Gasteiger partial charge in [-0.2, -0.15) is 0 Å². The van der Waals surface area contributed by atoms with Gasteiger partial charge in [0, 0.05) is 6.54 Å². The van der Waals surface area contributed by atoms with E-state index in [2.05, 4.69) is 9.46 Å². The largest absolute Gasteiger partial charge is 0.469 e. The molecule has 0 saturated carbocycles. The summed E-state index contributed by atoms with van der Waals surface area (Å²) in [7, 11) is -2.36. The molecule has 0 bridgehead atoms. The van der Waals surface area contributed by atoms with E-state index in [9.17, 15) is 13.2 Å². The Kier molecular flexibility index (Phi) is 5.53. The Morgan fingerprint density at radius 3 is 2.43 bits per heavy atom. The van der Waals surface area contributed by atoms with Crippen LogP contribution < -0.4 is 4.72 Å². The number of nitrogens with one attached hydrogen (secondary N) is 1. The second-order valence-electron chi connectivity index (χ2n) is 5.95. The molecule has 0 atom stereocenters. The third-order valence-electron chi connectivity index (χ3n) is 3.19. The highest BCUT2D eigenvalue weighted by Gasteiger charge is 2.21.